The minimum Gasteiger partial charge on any atom is -0.324 e. The molecular weight excluding hydrogens is 388 g/mol. The molecule has 3 aromatic rings. The second-order valence-corrected chi connectivity index (χ2v) is 8.27. The van der Waals surface area contributed by atoms with Crippen molar-refractivity contribution < 1.29 is 4.79 Å². The van der Waals surface area contributed by atoms with Gasteiger partial charge in [0, 0.05) is 48.6 Å². The molecule has 0 unspecified atom stereocenters. The summed E-state index contributed by atoms with van der Waals surface area (Å²) in [4.78, 5) is 27.5. The van der Waals surface area contributed by atoms with Crippen molar-refractivity contribution >= 4 is 11.7 Å². The fourth-order valence-corrected chi connectivity index (χ4v) is 4.91. The van der Waals surface area contributed by atoms with Gasteiger partial charge in [0.15, 0.2) is 0 Å². The lowest BCUT2D eigenvalue weighted by Gasteiger charge is -2.43. The molecule has 2 aromatic carbocycles. The summed E-state index contributed by atoms with van der Waals surface area (Å²) in [6.45, 7) is 1.80. The van der Waals surface area contributed by atoms with Crippen LogP contribution in [0.5, 0.6) is 0 Å². The molecule has 0 spiro atoms. The summed E-state index contributed by atoms with van der Waals surface area (Å²) < 4.78 is 1.91. The maximum atomic E-state index is 13.0. The molecule has 5 rings (SSSR count). The summed E-state index contributed by atoms with van der Waals surface area (Å²) in [6.07, 6.45) is 0.969. The minimum absolute atomic E-state index is 0.0237. The van der Waals surface area contributed by atoms with Gasteiger partial charge in [-0.3, -0.25) is 4.79 Å². The first-order chi connectivity index (χ1) is 15.1. The summed E-state index contributed by atoms with van der Waals surface area (Å²) >= 11 is 0. The highest BCUT2D eigenvalue weighted by atomic mass is 16.2. The fraction of sp³-hybridized carbons (Fsp3) is 0.240. The Morgan fingerprint density at radius 3 is 2.65 bits per heavy atom. The van der Waals surface area contributed by atoms with Crippen LogP contribution >= 0.6 is 0 Å². The number of nitriles is 1. The Labute approximate surface area is 180 Å². The number of hydrogen-bond donors (Lipinski definition) is 1. The molecule has 2 aliphatic rings. The van der Waals surface area contributed by atoms with E-state index in [2.05, 4.69) is 23.5 Å². The number of anilines is 1. The van der Waals surface area contributed by atoms with Crippen molar-refractivity contribution in [3.63, 3.8) is 0 Å². The first-order valence-electron chi connectivity index (χ1n) is 10.5. The van der Waals surface area contributed by atoms with E-state index in [-0.39, 0.29) is 23.4 Å². The zero-order valence-corrected chi connectivity index (χ0v) is 17.0. The average molecular weight is 410 g/mol. The molecule has 2 amide bonds. The normalized spacial score (nSPS) is 19.3. The van der Waals surface area contributed by atoms with Crippen molar-refractivity contribution in [1.29, 1.82) is 5.26 Å². The first kappa shape index (κ1) is 19.1. The van der Waals surface area contributed by atoms with Crippen LogP contribution in [0.1, 0.15) is 23.6 Å². The molecule has 1 fully saturated rings. The average Bonchev–Trinajstić information content (AvgIpc) is 2.80. The zero-order chi connectivity index (χ0) is 21.4. The third kappa shape index (κ3) is 3.59. The van der Waals surface area contributed by atoms with Crippen LogP contribution in [-0.4, -0.2) is 28.6 Å². The maximum Gasteiger partial charge on any atom is 0.321 e. The number of amides is 2. The first-order valence-corrected chi connectivity index (χ1v) is 10.5. The van der Waals surface area contributed by atoms with Crippen molar-refractivity contribution in [2.24, 2.45) is 5.92 Å². The van der Waals surface area contributed by atoms with Crippen LogP contribution in [0.2, 0.25) is 0 Å². The van der Waals surface area contributed by atoms with Gasteiger partial charge in [-0.05, 0) is 42.2 Å². The van der Waals surface area contributed by atoms with Crippen molar-refractivity contribution in [3.8, 4) is 17.2 Å². The second kappa shape index (κ2) is 7.77. The molecule has 0 saturated carbocycles. The van der Waals surface area contributed by atoms with Crippen LogP contribution in [-0.2, 0) is 6.54 Å². The Bertz CT molecular complexity index is 1240. The van der Waals surface area contributed by atoms with Crippen molar-refractivity contribution in [1.82, 2.24) is 9.47 Å². The van der Waals surface area contributed by atoms with E-state index in [0.29, 0.717) is 30.9 Å². The van der Waals surface area contributed by atoms with E-state index in [1.54, 1.807) is 30.3 Å². The number of urea groups is 1. The van der Waals surface area contributed by atoms with E-state index in [4.69, 9.17) is 5.26 Å². The van der Waals surface area contributed by atoms with Gasteiger partial charge >= 0.3 is 6.03 Å². The van der Waals surface area contributed by atoms with Gasteiger partial charge in [-0.15, -0.1) is 0 Å². The molecule has 1 N–H and O–H groups in total. The van der Waals surface area contributed by atoms with E-state index in [0.717, 1.165) is 23.2 Å². The van der Waals surface area contributed by atoms with E-state index < -0.39 is 0 Å². The standard InChI is InChI=1S/C25H22N4O2/c26-13-17-5-4-8-21(12-17)27-25(31)28-14-18-11-20(16-28)24-22(19-6-2-1-3-7-19)9-10-23(30)29(24)15-18/h1-10,12,18,20H,11,14-16H2,(H,27,31)/t18-,20+/m0/s1. The lowest BCUT2D eigenvalue weighted by Crippen LogP contribution is -2.50. The SMILES string of the molecule is N#Cc1cccc(NC(=O)N2C[C@@H]3C[C@H](C2)c2c(-c4ccccc4)ccc(=O)n2C3)c1. The summed E-state index contributed by atoms with van der Waals surface area (Å²) in [5.41, 5.74) is 4.32. The van der Waals surface area contributed by atoms with E-state index in [1.807, 2.05) is 33.7 Å². The number of nitrogens with zero attached hydrogens (tertiary/aromatic N) is 3. The molecule has 2 aliphatic heterocycles. The van der Waals surface area contributed by atoms with Gasteiger partial charge in [-0.2, -0.15) is 5.26 Å². The van der Waals surface area contributed by atoms with Gasteiger partial charge in [0.2, 0.25) is 0 Å². The summed E-state index contributed by atoms with van der Waals surface area (Å²) in [5.74, 6) is 0.346. The highest BCUT2D eigenvalue weighted by molar-refractivity contribution is 5.89. The van der Waals surface area contributed by atoms with Crippen LogP contribution in [0.25, 0.3) is 11.1 Å². The molecule has 6 heteroatoms. The van der Waals surface area contributed by atoms with E-state index in [1.165, 1.54) is 0 Å². The van der Waals surface area contributed by atoms with Crippen LogP contribution in [0, 0.1) is 17.2 Å². The van der Waals surface area contributed by atoms with Crippen LogP contribution in [0.4, 0.5) is 10.5 Å². The Hall–Kier alpha value is -3.85. The Balaban J connectivity index is 1.45. The number of carbonyl (C=O) groups excluding carboxylic acids is 1. The second-order valence-electron chi connectivity index (χ2n) is 8.27. The molecule has 0 radical (unpaired) electrons. The van der Waals surface area contributed by atoms with E-state index >= 15 is 0 Å². The number of likely N-dealkylation sites (tertiary alicyclic amines) is 1. The summed E-state index contributed by atoms with van der Waals surface area (Å²) in [7, 11) is 0. The maximum absolute atomic E-state index is 13.0. The van der Waals surface area contributed by atoms with Crippen LogP contribution in [0.3, 0.4) is 0 Å². The van der Waals surface area contributed by atoms with Crippen molar-refractivity contribution in [2.45, 2.75) is 18.9 Å². The lowest BCUT2D eigenvalue weighted by atomic mass is 9.80. The fourth-order valence-electron chi connectivity index (χ4n) is 4.91. The topological polar surface area (TPSA) is 78.1 Å². The molecule has 2 atom stereocenters. The van der Waals surface area contributed by atoms with Crippen molar-refractivity contribution in [2.75, 3.05) is 18.4 Å². The molecule has 0 aliphatic carbocycles. The molecule has 154 valence electrons. The van der Waals surface area contributed by atoms with Gasteiger partial charge in [-0.25, -0.2) is 4.79 Å². The van der Waals surface area contributed by atoms with Crippen molar-refractivity contribution in [3.05, 3.63) is 88.3 Å². The third-order valence-electron chi connectivity index (χ3n) is 6.20. The predicted molar refractivity (Wildman–Crippen MR) is 119 cm³/mol. The number of nitrogens with one attached hydrogen (secondary N) is 1. The van der Waals surface area contributed by atoms with Crippen LogP contribution < -0.4 is 10.9 Å². The highest BCUT2D eigenvalue weighted by Crippen LogP contribution is 2.39. The zero-order valence-electron chi connectivity index (χ0n) is 17.0. The van der Waals surface area contributed by atoms with Gasteiger partial charge < -0.3 is 14.8 Å². The summed E-state index contributed by atoms with van der Waals surface area (Å²) in [6, 6.07) is 22.5. The monoisotopic (exact) mass is 410 g/mol. The molecule has 2 bridgehead atoms. The predicted octanol–water partition coefficient (Wildman–Crippen LogP) is 4.04. The molecular formula is C25H22N4O2. The molecule has 1 saturated heterocycles. The minimum atomic E-state index is -0.169. The smallest absolute Gasteiger partial charge is 0.321 e. The number of hydrogen-bond acceptors (Lipinski definition) is 3. The van der Waals surface area contributed by atoms with Gasteiger partial charge in [0.25, 0.3) is 5.56 Å². The van der Waals surface area contributed by atoms with Gasteiger partial charge in [0.1, 0.15) is 0 Å². The lowest BCUT2D eigenvalue weighted by molar-refractivity contribution is 0.140. The number of aromatic nitrogens is 1. The molecule has 31 heavy (non-hydrogen) atoms. The molecule has 3 heterocycles. The number of piperidine rings is 1. The number of rotatable bonds is 2. The largest absolute Gasteiger partial charge is 0.324 e. The number of carbonyl (C=O) groups is 1. The third-order valence-corrected chi connectivity index (χ3v) is 6.20. The number of fused-ring (bicyclic) bond motifs is 4. The molecule has 1 aromatic heterocycles. The van der Waals surface area contributed by atoms with Gasteiger partial charge in [0.05, 0.1) is 11.6 Å². The van der Waals surface area contributed by atoms with Gasteiger partial charge in [-0.1, -0.05) is 36.4 Å². The summed E-state index contributed by atoms with van der Waals surface area (Å²) in [5, 5.41) is 12.0. The Kier molecular flexibility index (Phi) is 4.79. The van der Waals surface area contributed by atoms with E-state index in [9.17, 15) is 9.59 Å². The number of pyridine rings is 1. The Morgan fingerprint density at radius 2 is 1.84 bits per heavy atom. The number of benzene rings is 2. The highest BCUT2D eigenvalue weighted by Gasteiger charge is 2.37. The van der Waals surface area contributed by atoms with Crippen LogP contribution in [0.15, 0.2) is 71.5 Å². The molecule has 6 nitrogen and oxygen atoms in total. The quantitative estimate of drug-likeness (QED) is 0.693. The Morgan fingerprint density at radius 1 is 1.00 bits per heavy atom.